The van der Waals surface area contributed by atoms with E-state index in [1.54, 1.807) is 13.1 Å². The Bertz CT molecular complexity index is 1040. The van der Waals surface area contributed by atoms with E-state index in [0.29, 0.717) is 5.56 Å². The minimum atomic E-state index is -0.969. The van der Waals surface area contributed by atoms with Crippen LogP contribution in [0.1, 0.15) is 36.7 Å². The molecule has 6 heteroatoms. The maximum absolute atomic E-state index is 12.8. The van der Waals surface area contributed by atoms with Gasteiger partial charge in [-0.05, 0) is 24.5 Å². The summed E-state index contributed by atoms with van der Waals surface area (Å²) in [6.07, 6.45) is 0.823. The molecule has 3 rings (SSSR count). The number of hydrogen-bond acceptors (Lipinski definition) is 4. The van der Waals surface area contributed by atoms with Crippen molar-refractivity contribution in [3.8, 4) is 0 Å². The maximum atomic E-state index is 12.8. The fourth-order valence-electron chi connectivity index (χ4n) is 3.30. The van der Waals surface area contributed by atoms with Gasteiger partial charge in [-0.3, -0.25) is 9.59 Å². The van der Waals surface area contributed by atoms with Crippen LogP contribution in [-0.4, -0.2) is 34.8 Å². The van der Waals surface area contributed by atoms with Crippen molar-refractivity contribution >= 4 is 28.6 Å². The molecule has 0 aliphatic rings. The third-order valence-electron chi connectivity index (χ3n) is 4.96. The summed E-state index contributed by atoms with van der Waals surface area (Å²) in [6, 6.07) is 15.9. The second-order valence-electron chi connectivity index (χ2n) is 7.64. The molecule has 0 unspecified atom stereocenters. The van der Waals surface area contributed by atoms with Gasteiger partial charge in [-0.15, -0.1) is 0 Å². The zero-order valence-corrected chi connectivity index (χ0v) is 17.3. The SMILES string of the molecule is CC(C)[C@H](NC(=O)Cc1ccccc1)C(=O)O[C@@H](C)C(=O)c1c[nH]c2ccccc12. The van der Waals surface area contributed by atoms with Gasteiger partial charge in [0.2, 0.25) is 11.7 Å². The van der Waals surface area contributed by atoms with Crippen molar-refractivity contribution in [2.24, 2.45) is 5.92 Å². The van der Waals surface area contributed by atoms with E-state index < -0.39 is 18.1 Å². The van der Waals surface area contributed by atoms with Crippen LogP contribution in [0.4, 0.5) is 0 Å². The lowest BCUT2D eigenvalue weighted by molar-refractivity contribution is -0.151. The molecule has 0 saturated carbocycles. The fourth-order valence-corrected chi connectivity index (χ4v) is 3.30. The lowest BCUT2D eigenvalue weighted by Gasteiger charge is -2.23. The predicted octanol–water partition coefficient (Wildman–Crippen LogP) is 3.67. The lowest BCUT2D eigenvalue weighted by Crippen LogP contribution is -2.47. The third-order valence-corrected chi connectivity index (χ3v) is 4.96. The highest BCUT2D eigenvalue weighted by Gasteiger charge is 2.30. The number of carbonyl (C=O) groups is 3. The van der Waals surface area contributed by atoms with E-state index in [9.17, 15) is 14.4 Å². The van der Waals surface area contributed by atoms with Gasteiger partial charge in [0.05, 0.1) is 6.42 Å². The largest absolute Gasteiger partial charge is 0.453 e. The van der Waals surface area contributed by atoms with Crippen molar-refractivity contribution in [2.75, 3.05) is 0 Å². The van der Waals surface area contributed by atoms with Crippen LogP contribution in [0.25, 0.3) is 10.9 Å². The molecule has 156 valence electrons. The zero-order chi connectivity index (χ0) is 21.7. The number of benzene rings is 2. The Labute approximate surface area is 175 Å². The van der Waals surface area contributed by atoms with Crippen molar-refractivity contribution in [2.45, 2.75) is 39.3 Å². The van der Waals surface area contributed by atoms with E-state index in [1.165, 1.54) is 0 Å². The first-order chi connectivity index (χ1) is 14.4. The van der Waals surface area contributed by atoms with Crippen LogP contribution in [0.5, 0.6) is 0 Å². The molecule has 0 fully saturated rings. The summed E-state index contributed by atoms with van der Waals surface area (Å²) < 4.78 is 5.44. The first kappa shape index (κ1) is 21.3. The molecule has 0 saturated heterocycles. The van der Waals surface area contributed by atoms with Crippen LogP contribution in [0.2, 0.25) is 0 Å². The third kappa shape index (κ3) is 4.95. The van der Waals surface area contributed by atoms with Gasteiger partial charge in [0.25, 0.3) is 0 Å². The molecule has 6 nitrogen and oxygen atoms in total. The van der Waals surface area contributed by atoms with Gasteiger partial charge in [0.1, 0.15) is 6.04 Å². The van der Waals surface area contributed by atoms with Crippen molar-refractivity contribution in [1.29, 1.82) is 0 Å². The number of aromatic nitrogens is 1. The fraction of sp³-hybridized carbons (Fsp3) is 0.292. The Hall–Kier alpha value is -3.41. The Kier molecular flexibility index (Phi) is 6.67. The number of ether oxygens (including phenoxy) is 1. The Balaban J connectivity index is 1.65. The number of para-hydroxylation sites is 1. The van der Waals surface area contributed by atoms with Crippen molar-refractivity contribution < 1.29 is 19.1 Å². The summed E-state index contributed by atoms with van der Waals surface area (Å²) in [5, 5.41) is 3.52. The normalized spacial score (nSPS) is 13.1. The number of fused-ring (bicyclic) bond motifs is 1. The molecular weight excluding hydrogens is 380 g/mol. The Morgan fingerprint density at radius 1 is 0.967 bits per heavy atom. The summed E-state index contributed by atoms with van der Waals surface area (Å²) in [7, 11) is 0. The molecule has 1 aromatic heterocycles. The van der Waals surface area contributed by atoms with E-state index in [-0.39, 0.29) is 24.0 Å². The maximum Gasteiger partial charge on any atom is 0.329 e. The van der Waals surface area contributed by atoms with Crippen LogP contribution in [0.3, 0.4) is 0 Å². The van der Waals surface area contributed by atoms with E-state index in [4.69, 9.17) is 4.74 Å². The van der Waals surface area contributed by atoms with Crippen LogP contribution >= 0.6 is 0 Å². The van der Waals surface area contributed by atoms with Crippen molar-refractivity contribution in [3.63, 3.8) is 0 Å². The molecule has 1 heterocycles. The number of Topliss-reactive ketones (excluding diaryl/α,β-unsaturated/α-hetero) is 1. The number of H-pyrrole nitrogens is 1. The van der Waals surface area contributed by atoms with Gasteiger partial charge in [-0.25, -0.2) is 4.79 Å². The first-order valence-electron chi connectivity index (χ1n) is 10.0. The zero-order valence-electron chi connectivity index (χ0n) is 17.3. The molecule has 0 bridgehead atoms. The highest BCUT2D eigenvalue weighted by Crippen LogP contribution is 2.20. The second kappa shape index (κ2) is 9.39. The van der Waals surface area contributed by atoms with Gasteiger partial charge in [-0.1, -0.05) is 62.4 Å². The molecule has 0 aliphatic carbocycles. The van der Waals surface area contributed by atoms with Gasteiger partial charge in [0, 0.05) is 22.7 Å². The number of carbonyl (C=O) groups excluding carboxylic acids is 3. The molecule has 0 aliphatic heterocycles. The number of nitrogens with one attached hydrogen (secondary N) is 2. The van der Waals surface area contributed by atoms with E-state index in [1.807, 2.05) is 68.4 Å². The van der Waals surface area contributed by atoms with Crippen LogP contribution < -0.4 is 5.32 Å². The lowest BCUT2D eigenvalue weighted by atomic mass is 10.0. The Morgan fingerprint density at radius 3 is 2.33 bits per heavy atom. The summed E-state index contributed by atoms with van der Waals surface area (Å²) in [5.41, 5.74) is 2.17. The van der Waals surface area contributed by atoms with Crippen LogP contribution in [0.15, 0.2) is 60.8 Å². The predicted molar refractivity (Wildman–Crippen MR) is 115 cm³/mol. The summed E-state index contributed by atoms with van der Waals surface area (Å²) in [4.78, 5) is 41.0. The van der Waals surface area contributed by atoms with E-state index in [2.05, 4.69) is 10.3 Å². The number of hydrogen-bond donors (Lipinski definition) is 2. The molecule has 3 aromatic rings. The summed E-state index contributed by atoms with van der Waals surface area (Å²) >= 11 is 0. The van der Waals surface area contributed by atoms with Gasteiger partial charge in [0.15, 0.2) is 6.10 Å². The highest BCUT2D eigenvalue weighted by molar-refractivity contribution is 6.10. The molecule has 2 aromatic carbocycles. The molecule has 30 heavy (non-hydrogen) atoms. The number of ketones is 1. The minimum Gasteiger partial charge on any atom is -0.453 e. The average molecular weight is 406 g/mol. The van der Waals surface area contributed by atoms with Crippen molar-refractivity contribution in [3.05, 3.63) is 71.9 Å². The average Bonchev–Trinajstić information content (AvgIpc) is 3.16. The monoisotopic (exact) mass is 406 g/mol. The molecule has 2 N–H and O–H groups in total. The number of esters is 1. The quantitative estimate of drug-likeness (QED) is 0.441. The first-order valence-corrected chi connectivity index (χ1v) is 10.0. The Morgan fingerprint density at radius 2 is 1.63 bits per heavy atom. The number of aromatic amines is 1. The highest BCUT2D eigenvalue weighted by atomic mass is 16.5. The second-order valence-corrected chi connectivity index (χ2v) is 7.64. The van der Waals surface area contributed by atoms with Gasteiger partial charge < -0.3 is 15.0 Å². The van der Waals surface area contributed by atoms with E-state index in [0.717, 1.165) is 16.5 Å². The standard InChI is InChI=1S/C24H26N2O4/c1-15(2)22(26-21(27)13-17-9-5-4-6-10-17)24(29)30-16(3)23(28)19-14-25-20-12-8-7-11-18(19)20/h4-12,14-16,22,25H,13H2,1-3H3,(H,26,27)/t16-,22-/m0/s1. The number of amides is 1. The summed E-state index contributed by atoms with van der Waals surface area (Å²) in [6.45, 7) is 5.19. The van der Waals surface area contributed by atoms with Gasteiger partial charge in [-0.2, -0.15) is 0 Å². The van der Waals surface area contributed by atoms with Gasteiger partial charge >= 0.3 is 5.97 Å². The van der Waals surface area contributed by atoms with Crippen LogP contribution in [0, 0.1) is 5.92 Å². The van der Waals surface area contributed by atoms with Crippen molar-refractivity contribution in [1.82, 2.24) is 10.3 Å². The van der Waals surface area contributed by atoms with Crippen LogP contribution in [-0.2, 0) is 20.7 Å². The smallest absolute Gasteiger partial charge is 0.329 e. The summed E-state index contributed by atoms with van der Waals surface area (Å²) in [5.74, 6) is -1.37. The molecular formula is C24H26N2O4. The molecule has 0 radical (unpaired) electrons. The molecule has 1 amide bonds. The molecule has 2 atom stereocenters. The minimum absolute atomic E-state index is 0.168. The molecule has 0 spiro atoms. The topological polar surface area (TPSA) is 88.3 Å². The van der Waals surface area contributed by atoms with E-state index >= 15 is 0 Å². The number of rotatable bonds is 8.